The second kappa shape index (κ2) is 5.61. The highest BCUT2D eigenvalue weighted by molar-refractivity contribution is 5.76. The molecule has 3 heterocycles. The molecule has 0 saturated carbocycles. The van der Waals surface area contributed by atoms with Gasteiger partial charge in [-0.05, 0) is 0 Å². The maximum atomic E-state index is 10.1. The van der Waals surface area contributed by atoms with Crippen LogP contribution in [0.1, 0.15) is 12.1 Å². The van der Waals surface area contributed by atoms with E-state index in [-0.39, 0.29) is 17.0 Å². The topological polar surface area (TPSA) is 134 Å². The molecule has 9 nitrogen and oxygen atoms in total. The minimum absolute atomic E-state index is 0.158. The van der Waals surface area contributed by atoms with Gasteiger partial charge in [0, 0.05) is 6.42 Å². The van der Waals surface area contributed by atoms with Crippen LogP contribution in [0.5, 0.6) is 5.88 Å². The zero-order chi connectivity index (χ0) is 15.9. The number of aliphatic hydroxyl groups is 3. The highest BCUT2D eigenvalue weighted by Crippen LogP contribution is 2.32. The Morgan fingerprint density at radius 2 is 2.09 bits per heavy atom. The first-order chi connectivity index (χ1) is 10.6. The minimum atomic E-state index is -1.26. The smallest absolute Gasteiger partial charge is 0.243 e. The van der Waals surface area contributed by atoms with Crippen molar-refractivity contribution in [2.45, 2.75) is 31.0 Å². The van der Waals surface area contributed by atoms with Gasteiger partial charge in [0.25, 0.3) is 0 Å². The Kier molecular flexibility index (Phi) is 3.79. The van der Waals surface area contributed by atoms with E-state index in [9.17, 15) is 15.3 Å². The van der Waals surface area contributed by atoms with E-state index in [1.807, 2.05) is 0 Å². The van der Waals surface area contributed by atoms with Crippen LogP contribution in [-0.2, 0) is 11.2 Å². The van der Waals surface area contributed by atoms with Gasteiger partial charge in [-0.15, -0.1) is 6.58 Å². The summed E-state index contributed by atoms with van der Waals surface area (Å²) in [7, 11) is 0. The number of aliphatic hydroxyl groups excluding tert-OH is 3. The van der Waals surface area contributed by atoms with E-state index in [0.717, 1.165) is 0 Å². The quantitative estimate of drug-likeness (QED) is 0.521. The monoisotopic (exact) mass is 308 g/mol. The van der Waals surface area contributed by atoms with E-state index >= 15 is 0 Å². The van der Waals surface area contributed by atoms with Gasteiger partial charge in [0.05, 0.1) is 12.9 Å². The lowest BCUT2D eigenvalue weighted by molar-refractivity contribution is -0.0511. The molecular weight excluding hydrogens is 292 g/mol. The SMILES string of the molecule is C=CCc1nc(O)c2ncn([C@@H]3O[C@H](CO)C(O)C3O)c2n1. The second-order valence-electron chi connectivity index (χ2n) is 5.01. The Morgan fingerprint density at radius 3 is 2.73 bits per heavy atom. The number of aromatic hydroxyl groups is 1. The van der Waals surface area contributed by atoms with Crippen molar-refractivity contribution in [2.24, 2.45) is 0 Å². The third-order valence-corrected chi connectivity index (χ3v) is 3.57. The van der Waals surface area contributed by atoms with Gasteiger partial charge >= 0.3 is 0 Å². The number of hydrogen-bond acceptors (Lipinski definition) is 8. The van der Waals surface area contributed by atoms with Crippen LogP contribution < -0.4 is 0 Å². The van der Waals surface area contributed by atoms with E-state index in [1.54, 1.807) is 6.08 Å². The summed E-state index contributed by atoms with van der Waals surface area (Å²) < 4.78 is 6.83. The van der Waals surface area contributed by atoms with Gasteiger partial charge in [-0.2, -0.15) is 4.98 Å². The van der Waals surface area contributed by atoms with E-state index in [1.165, 1.54) is 10.9 Å². The fraction of sp³-hybridized carbons (Fsp3) is 0.462. The molecule has 118 valence electrons. The molecule has 0 amide bonds. The summed E-state index contributed by atoms with van der Waals surface area (Å²) >= 11 is 0. The van der Waals surface area contributed by atoms with Gasteiger partial charge in [-0.3, -0.25) is 4.57 Å². The molecule has 0 aromatic carbocycles. The molecule has 2 aromatic heterocycles. The number of aromatic nitrogens is 4. The summed E-state index contributed by atoms with van der Waals surface area (Å²) in [5, 5.41) is 38.9. The van der Waals surface area contributed by atoms with Crippen molar-refractivity contribution in [3.8, 4) is 5.88 Å². The van der Waals surface area contributed by atoms with E-state index in [4.69, 9.17) is 9.84 Å². The Morgan fingerprint density at radius 1 is 1.32 bits per heavy atom. The molecule has 2 aromatic rings. The molecule has 4 atom stereocenters. The molecule has 1 saturated heterocycles. The standard InChI is InChI=1S/C13H16N4O5/c1-2-3-7-15-11-8(12(21)16-7)14-5-17(11)13-10(20)9(19)6(4-18)22-13/h2,5-6,9-10,13,18-20H,1,3-4H2,(H,15,16,21)/t6-,9?,10?,13-/m1/s1. The number of nitrogens with zero attached hydrogens (tertiary/aromatic N) is 4. The molecule has 0 bridgehead atoms. The minimum Gasteiger partial charge on any atom is -0.492 e. The first kappa shape index (κ1) is 14.9. The molecule has 0 radical (unpaired) electrons. The fourth-order valence-electron chi connectivity index (χ4n) is 2.46. The lowest BCUT2D eigenvalue weighted by Crippen LogP contribution is -2.33. The van der Waals surface area contributed by atoms with Crippen molar-refractivity contribution in [2.75, 3.05) is 6.61 Å². The largest absolute Gasteiger partial charge is 0.492 e. The van der Waals surface area contributed by atoms with Crippen molar-refractivity contribution in [3.63, 3.8) is 0 Å². The molecule has 2 unspecified atom stereocenters. The van der Waals surface area contributed by atoms with E-state index in [0.29, 0.717) is 12.2 Å². The van der Waals surface area contributed by atoms with Gasteiger partial charge in [-0.25, -0.2) is 9.97 Å². The van der Waals surface area contributed by atoms with Gasteiger partial charge in [0.15, 0.2) is 17.4 Å². The lowest BCUT2D eigenvalue weighted by atomic mass is 10.1. The van der Waals surface area contributed by atoms with Crippen LogP contribution in [0.3, 0.4) is 0 Å². The highest BCUT2D eigenvalue weighted by Gasteiger charge is 2.44. The molecule has 1 aliphatic rings. The molecule has 0 aliphatic carbocycles. The van der Waals surface area contributed by atoms with Crippen LogP contribution in [0.4, 0.5) is 0 Å². The predicted molar refractivity (Wildman–Crippen MR) is 73.9 cm³/mol. The van der Waals surface area contributed by atoms with Crippen molar-refractivity contribution in [1.82, 2.24) is 19.5 Å². The molecule has 1 fully saturated rings. The number of imidazole rings is 1. The van der Waals surface area contributed by atoms with Crippen LogP contribution in [0, 0.1) is 0 Å². The van der Waals surface area contributed by atoms with Crippen LogP contribution in [0.15, 0.2) is 19.0 Å². The van der Waals surface area contributed by atoms with Crippen LogP contribution in [0.25, 0.3) is 11.2 Å². The Bertz CT molecular complexity index is 703. The maximum Gasteiger partial charge on any atom is 0.243 e. The Balaban J connectivity index is 2.06. The molecule has 0 spiro atoms. The lowest BCUT2D eigenvalue weighted by Gasteiger charge is -2.16. The highest BCUT2D eigenvalue weighted by atomic mass is 16.6. The van der Waals surface area contributed by atoms with Crippen molar-refractivity contribution < 1.29 is 25.2 Å². The first-order valence-electron chi connectivity index (χ1n) is 6.72. The number of allylic oxidation sites excluding steroid dienone is 1. The summed E-state index contributed by atoms with van der Waals surface area (Å²) in [4.78, 5) is 12.2. The van der Waals surface area contributed by atoms with Crippen LogP contribution in [0.2, 0.25) is 0 Å². The van der Waals surface area contributed by atoms with Gasteiger partial charge < -0.3 is 25.2 Å². The third-order valence-electron chi connectivity index (χ3n) is 3.57. The number of rotatable bonds is 4. The average Bonchev–Trinajstić information content (AvgIpc) is 3.03. The van der Waals surface area contributed by atoms with E-state index in [2.05, 4.69) is 21.5 Å². The predicted octanol–water partition coefficient (Wildman–Crippen LogP) is -1.13. The molecule has 1 aliphatic heterocycles. The van der Waals surface area contributed by atoms with Crippen molar-refractivity contribution in [1.29, 1.82) is 0 Å². The zero-order valence-corrected chi connectivity index (χ0v) is 11.6. The number of ether oxygens (including phenoxy) is 1. The van der Waals surface area contributed by atoms with Gasteiger partial charge in [0.2, 0.25) is 5.88 Å². The van der Waals surface area contributed by atoms with Crippen LogP contribution in [-0.4, -0.2) is 64.9 Å². The first-order valence-corrected chi connectivity index (χ1v) is 6.72. The third kappa shape index (κ3) is 2.24. The summed E-state index contributed by atoms with van der Waals surface area (Å²) in [5.74, 6) is 0.0563. The molecular formula is C13H16N4O5. The maximum absolute atomic E-state index is 10.1. The molecule has 3 rings (SSSR count). The average molecular weight is 308 g/mol. The summed E-state index contributed by atoms with van der Waals surface area (Å²) in [6.45, 7) is 3.16. The molecule has 4 N–H and O–H groups in total. The molecule has 9 heteroatoms. The Hall–Kier alpha value is -2.07. The van der Waals surface area contributed by atoms with E-state index < -0.39 is 31.1 Å². The van der Waals surface area contributed by atoms with Crippen molar-refractivity contribution in [3.05, 3.63) is 24.8 Å². The number of fused-ring (bicyclic) bond motifs is 1. The molecule has 22 heavy (non-hydrogen) atoms. The van der Waals surface area contributed by atoms with Gasteiger partial charge in [-0.1, -0.05) is 6.08 Å². The summed E-state index contributed by atoms with van der Waals surface area (Å²) in [6.07, 6.45) is -1.08. The Labute approximate surface area is 125 Å². The van der Waals surface area contributed by atoms with Crippen LogP contribution >= 0.6 is 0 Å². The second-order valence-corrected chi connectivity index (χ2v) is 5.01. The normalized spacial score (nSPS) is 28.3. The summed E-state index contributed by atoms with van der Waals surface area (Å²) in [6, 6.07) is 0. The van der Waals surface area contributed by atoms with Gasteiger partial charge in [0.1, 0.15) is 24.1 Å². The zero-order valence-electron chi connectivity index (χ0n) is 11.6. The van der Waals surface area contributed by atoms with Crippen molar-refractivity contribution >= 4 is 11.2 Å². The summed E-state index contributed by atoms with van der Waals surface area (Å²) in [5.41, 5.74) is 0.421. The number of hydrogen-bond donors (Lipinski definition) is 4. The fourth-order valence-corrected chi connectivity index (χ4v) is 2.46.